The van der Waals surface area contributed by atoms with Gasteiger partial charge in [0, 0.05) is 11.6 Å². The summed E-state index contributed by atoms with van der Waals surface area (Å²) in [6, 6.07) is 7.44. The van der Waals surface area contributed by atoms with E-state index in [0.29, 0.717) is 11.6 Å². The van der Waals surface area contributed by atoms with Crippen LogP contribution in [0.5, 0.6) is 0 Å². The van der Waals surface area contributed by atoms with Gasteiger partial charge in [0.15, 0.2) is 0 Å². The molecule has 0 saturated heterocycles. The van der Waals surface area contributed by atoms with Crippen LogP contribution in [-0.2, 0) is 4.74 Å². The van der Waals surface area contributed by atoms with Gasteiger partial charge in [0.1, 0.15) is 0 Å². The fourth-order valence-electron chi connectivity index (χ4n) is 1.36. The molecule has 14 heavy (non-hydrogen) atoms. The van der Waals surface area contributed by atoms with Crippen LogP contribution in [-0.4, -0.2) is 12.7 Å². The van der Waals surface area contributed by atoms with Gasteiger partial charge in [-0.15, -0.1) is 0 Å². The average molecular weight is 214 g/mol. The molecule has 0 bridgehead atoms. The topological polar surface area (TPSA) is 35.2 Å². The molecule has 78 valence electrons. The van der Waals surface area contributed by atoms with Crippen molar-refractivity contribution in [3.63, 3.8) is 0 Å². The molecule has 0 aromatic heterocycles. The van der Waals surface area contributed by atoms with Gasteiger partial charge in [-0.1, -0.05) is 29.8 Å². The molecule has 3 heteroatoms. The molecule has 2 unspecified atom stereocenters. The van der Waals surface area contributed by atoms with Crippen molar-refractivity contribution in [1.29, 1.82) is 0 Å². The standard InChI is InChI=1S/C11H16ClNO/c1-3-14-8(2)11(13)9-6-4-5-7-10(9)12/h4-8,11H,3,13H2,1-2H3. The highest BCUT2D eigenvalue weighted by Crippen LogP contribution is 2.24. The lowest BCUT2D eigenvalue weighted by Crippen LogP contribution is -2.26. The third-order valence-electron chi connectivity index (χ3n) is 2.20. The van der Waals surface area contributed by atoms with Crippen LogP contribution in [0.4, 0.5) is 0 Å². The van der Waals surface area contributed by atoms with Gasteiger partial charge in [-0.05, 0) is 25.5 Å². The minimum Gasteiger partial charge on any atom is -0.377 e. The van der Waals surface area contributed by atoms with E-state index in [1.807, 2.05) is 38.1 Å². The molecule has 0 radical (unpaired) electrons. The number of rotatable bonds is 4. The fraction of sp³-hybridized carbons (Fsp3) is 0.455. The first-order valence-corrected chi connectivity index (χ1v) is 5.16. The zero-order chi connectivity index (χ0) is 10.6. The van der Waals surface area contributed by atoms with E-state index in [1.165, 1.54) is 0 Å². The molecule has 2 N–H and O–H groups in total. The minimum absolute atomic E-state index is 0.0140. The zero-order valence-corrected chi connectivity index (χ0v) is 9.29. The molecule has 0 aliphatic carbocycles. The normalized spacial score (nSPS) is 15.1. The Hall–Kier alpha value is -0.570. The van der Waals surface area contributed by atoms with Gasteiger partial charge in [-0.2, -0.15) is 0 Å². The summed E-state index contributed by atoms with van der Waals surface area (Å²) in [5.41, 5.74) is 6.96. The Morgan fingerprint density at radius 3 is 2.64 bits per heavy atom. The average Bonchev–Trinajstić information content (AvgIpc) is 2.18. The quantitative estimate of drug-likeness (QED) is 0.835. The first-order chi connectivity index (χ1) is 6.66. The SMILES string of the molecule is CCOC(C)C(N)c1ccccc1Cl. The third-order valence-corrected chi connectivity index (χ3v) is 2.54. The van der Waals surface area contributed by atoms with E-state index in [9.17, 15) is 0 Å². The lowest BCUT2D eigenvalue weighted by molar-refractivity contribution is 0.0575. The van der Waals surface area contributed by atoms with Crippen LogP contribution in [0.15, 0.2) is 24.3 Å². The van der Waals surface area contributed by atoms with Gasteiger partial charge >= 0.3 is 0 Å². The number of ether oxygens (including phenoxy) is 1. The summed E-state index contributed by atoms with van der Waals surface area (Å²) in [5, 5.41) is 0.701. The van der Waals surface area contributed by atoms with E-state index in [0.717, 1.165) is 5.56 Å². The van der Waals surface area contributed by atoms with Crippen molar-refractivity contribution in [2.45, 2.75) is 26.0 Å². The molecule has 1 aromatic rings. The first kappa shape index (κ1) is 11.5. The molecular weight excluding hydrogens is 198 g/mol. The Bertz CT molecular complexity index is 290. The lowest BCUT2D eigenvalue weighted by atomic mass is 10.0. The number of benzene rings is 1. The highest BCUT2D eigenvalue weighted by atomic mass is 35.5. The van der Waals surface area contributed by atoms with Crippen LogP contribution in [0.3, 0.4) is 0 Å². The fourth-order valence-corrected chi connectivity index (χ4v) is 1.63. The van der Waals surface area contributed by atoms with Crippen molar-refractivity contribution >= 4 is 11.6 Å². The summed E-state index contributed by atoms with van der Waals surface area (Å²) in [6.45, 7) is 4.58. The van der Waals surface area contributed by atoms with E-state index < -0.39 is 0 Å². The van der Waals surface area contributed by atoms with Crippen LogP contribution in [0.2, 0.25) is 5.02 Å². The Balaban J connectivity index is 2.78. The van der Waals surface area contributed by atoms with Gasteiger partial charge < -0.3 is 10.5 Å². The molecular formula is C11H16ClNO. The molecule has 0 spiro atoms. The van der Waals surface area contributed by atoms with E-state index in [4.69, 9.17) is 22.1 Å². The number of hydrogen-bond acceptors (Lipinski definition) is 2. The summed E-state index contributed by atoms with van der Waals surface area (Å²) in [6.07, 6.45) is -0.0140. The first-order valence-electron chi connectivity index (χ1n) is 4.78. The van der Waals surface area contributed by atoms with E-state index in [2.05, 4.69) is 0 Å². The molecule has 2 atom stereocenters. The van der Waals surface area contributed by atoms with Gasteiger partial charge in [-0.25, -0.2) is 0 Å². The van der Waals surface area contributed by atoms with Crippen molar-refractivity contribution < 1.29 is 4.74 Å². The highest BCUT2D eigenvalue weighted by Gasteiger charge is 2.16. The van der Waals surface area contributed by atoms with Crippen LogP contribution >= 0.6 is 11.6 Å². The predicted molar refractivity (Wildman–Crippen MR) is 59.5 cm³/mol. The molecule has 1 aromatic carbocycles. The summed E-state index contributed by atoms with van der Waals surface area (Å²) < 4.78 is 5.43. The maximum atomic E-state index is 6.03. The van der Waals surface area contributed by atoms with Crippen molar-refractivity contribution in [3.05, 3.63) is 34.9 Å². The number of nitrogens with two attached hydrogens (primary N) is 1. The van der Waals surface area contributed by atoms with Crippen LogP contribution < -0.4 is 5.73 Å². The van der Waals surface area contributed by atoms with Gasteiger partial charge in [0.05, 0.1) is 12.1 Å². The second-order valence-corrected chi connectivity index (χ2v) is 3.61. The van der Waals surface area contributed by atoms with Crippen LogP contribution in [0, 0.1) is 0 Å². The Morgan fingerprint density at radius 1 is 1.43 bits per heavy atom. The lowest BCUT2D eigenvalue weighted by Gasteiger charge is -2.20. The molecule has 0 fully saturated rings. The number of hydrogen-bond donors (Lipinski definition) is 1. The Kier molecular flexibility index (Phi) is 4.39. The van der Waals surface area contributed by atoms with E-state index in [-0.39, 0.29) is 12.1 Å². The smallest absolute Gasteiger partial charge is 0.0739 e. The maximum Gasteiger partial charge on any atom is 0.0739 e. The minimum atomic E-state index is -0.163. The van der Waals surface area contributed by atoms with Gasteiger partial charge in [0.2, 0.25) is 0 Å². The van der Waals surface area contributed by atoms with Crippen molar-refractivity contribution in [3.8, 4) is 0 Å². The largest absolute Gasteiger partial charge is 0.377 e. The van der Waals surface area contributed by atoms with Gasteiger partial charge in [-0.3, -0.25) is 0 Å². The Labute approximate surface area is 90.0 Å². The summed E-state index contributed by atoms with van der Waals surface area (Å²) in [7, 11) is 0. The van der Waals surface area contributed by atoms with Crippen LogP contribution in [0.25, 0.3) is 0 Å². The molecule has 1 rings (SSSR count). The highest BCUT2D eigenvalue weighted by molar-refractivity contribution is 6.31. The van der Waals surface area contributed by atoms with Crippen LogP contribution in [0.1, 0.15) is 25.5 Å². The summed E-state index contributed by atoms with van der Waals surface area (Å²) in [5.74, 6) is 0. The van der Waals surface area contributed by atoms with E-state index >= 15 is 0 Å². The molecule has 0 aliphatic rings. The summed E-state index contributed by atoms with van der Waals surface area (Å²) >= 11 is 6.03. The molecule has 0 aliphatic heterocycles. The second-order valence-electron chi connectivity index (χ2n) is 3.21. The molecule has 0 saturated carbocycles. The molecule has 2 nitrogen and oxygen atoms in total. The Morgan fingerprint density at radius 2 is 2.07 bits per heavy atom. The van der Waals surface area contributed by atoms with Crippen molar-refractivity contribution in [2.75, 3.05) is 6.61 Å². The zero-order valence-electron chi connectivity index (χ0n) is 8.53. The van der Waals surface area contributed by atoms with E-state index in [1.54, 1.807) is 0 Å². The monoisotopic (exact) mass is 213 g/mol. The number of halogens is 1. The molecule has 0 heterocycles. The van der Waals surface area contributed by atoms with Crippen molar-refractivity contribution in [1.82, 2.24) is 0 Å². The maximum absolute atomic E-state index is 6.03. The summed E-state index contributed by atoms with van der Waals surface area (Å²) in [4.78, 5) is 0. The predicted octanol–water partition coefficient (Wildman–Crippen LogP) is 2.76. The molecule has 0 amide bonds. The van der Waals surface area contributed by atoms with Gasteiger partial charge in [0.25, 0.3) is 0 Å². The van der Waals surface area contributed by atoms with Crippen molar-refractivity contribution in [2.24, 2.45) is 5.73 Å². The second kappa shape index (κ2) is 5.35. The third kappa shape index (κ3) is 2.71.